The van der Waals surface area contributed by atoms with Crippen molar-refractivity contribution in [3.8, 4) is 0 Å². The molecule has 1 aromatic heterocycles. The molecule has 1 heterocycles. The van der Waals surface area contributed by atoms with E-state index in [-0.39, 0.29) is 5.52 Å². The monoisotopic (exact) mass is 365 g/mol. The third-order valence-corrected chi connectivity index (χ3v) is 8.87. The Hall–Kier alpha value is -2.09. The molecule has 0 aliphatic heterocycles. The summed E-state index contributed by atoms with van der Waals surface area (Å²) in [5.41, 5.74) is 3.29. The summed E-state index contributed by atoms with van der Waals surface area (Å²) < 4.78 is 0. The van der Waals surface area contributed by atoms with Gasteiger partial charge in [0, 0.05) is 17.0 Å². The molecule has 0 saturated carbocycles. The summed E-state index contributed by atoms with van der Waals surface area (Å²) in [6.07, 6.45) is 0. The normalized spacial score (nSPS) is 11.3. The maximum Gasteiger partial charge on any atom is 0.204 e. The van der Waals surface area contributed by atoms with Crippen molar-refractivity contribution in [1.29, 1.82) is 0 Å². The van der Waals surface area contributed by atoms with Crippen molar-refractivity contribution >= 4 is 34.0 Å². The predicted molar refractivity (Wildman–Crippen MR) is 109 cm³/mol. The van der Waals surface area contributed by atoms with E-state index in [4.69, 9.17) is 11.8 Å². The average molecular weight is 365 g/mol. The number of benzene rings is 2. The van der Waals surface area contributed by atoms with Gasteiger partial charge in [-0.05, 0) is 43.0 Å². The summed E-state index contributed by atoms with van der Waals surface area (Å²) in [7, 11) is 0. The van der Waals surface area contributed by atoms with E-state index in [1.807, 2.05) is 87.5 Å². The maximum absolute atomic E-state index is 13.7. The van der Waals surface area contributed by atoms with Crippen molar-refractivity contribution in [1.82, 2.24) is 4.98 Å². The summed E-state index contributed by atoms with van der Waals surface area (Å²) in [6.45, 7) is 5.80. The highest BCUT2D eigenvalue weighted by molar-refractivity contribution is 8.30. The molecule has 0 aliphatic rings. The molecule has 0 bridgehead atoms. The minimum absolute atomic E-state index is 0.0161. The van der Waals surface area contributed by atoms with Gasteiger partial charge in [0.15, 0.2) is 0 Å². The van der Waals surface area contributed by atoms with Crippen LogP contribution in [0.3, 0.4) is 0 Å². The fraction of sp³-hybridized carbons (Fsp3) is 0.143. The summed E-state index contributed by atoms with van der Waals surface area (Å²) in [4.78, 5) is 18.2. The number of aromatic nitrogens is 1. The number of pyridine rings is 1. The van der Waals surface area contributed by atoms with Crippen LogP contribution in [0.15, 0.2) is 66.7 Å². The number of nitrogens with zero attached hydrogens (tertiary/aromatic N) is 1. The topological polar surface area (TPSA) is 30.0 Å². The summed E-state index contributed by atoms with van der Waals surface area (Å²) in [6, 6.07) is 18.9. The van der Waals surface area contributed by atoms with Crippen molar-refractivity contribution in [2.45, 2.75) is 20.8 Å². The molecule has 3 aromatic rings. The molecule has 0 saturated heterocycles. The highest BCUT2D eigenvalue weighted by Gasteiger charge is 2.33. The van der Waals surface area contributed by atoms with Crippen LogP contribution in [-0.4, -0.2) is 10.5 Å². The third-order valence-electron chi connectivity index (χ3n) is 4.27. The van der Waals surface area contributed by atoms with E-state index >= 15 is 0 Å². The zero-order valence-corrected chi connectivity index (χ0v) is 16.3. The van der Waals surface area contributed by atoms with Gasteiger partial charge in [0.05, 0.1) is 6.04 Å². The molecular formula is C21H20NOPS. The van der Waals surface area contributed by atoms with Crippen molar-refractivity contribution in [3.05, 3.63) is 89.2 Å². The Morgan fingerprint density at radius 2 is 1.36 bits per heavy atom. The maximum atomic E-state index is 13.7. The summed E-state index contributed by atoms with van der Waals surface area (Å²) in [5.74, 6) is 0. The van der Waals surface area contributed by atoms with Crippen molar-refractivity contribution in [3.63, 3.8) is 0 Å². The standard InChI is InChI=1S/C21H20NOPS/c1-15-14-16(2)22-17(3)20(15)21(23)24(25,18-10-6-4-7-11-18)19-12-8-5-9-13-19/h4-14H,1-3H3. The minimum Gasteiger partial charge on any atom is -0.287 e. The number of carbonyl (C=O) groups is 1. The van der Waals surface area contributed by atoms with E-state index in [0.29, 0.717) is 5.56 Å². The van der Waals surface area contributed by atoms with E-state index in [2.05, 4.69) is 4.98 Å². The summed E-state index contributed by atoms with van der Waals surface area (Å²) >= 11 is 6.13. The number of aryl methyl sites for hydroxylation is 3. The second kappa shape index (κ2) is 7.03. The Morgan fingerprint density at radius 3 is 1.80 bits per heavy atom. The van der Waals surface area contributed by atoms with Gasteiger partial charge in [0.25, 0.3) is 0 Å². The smallest absolute Gasteiger partial charge is 0.204 e. The lowest BCUT2D eigenvalue weighted by Gasteiger charge is -2.23. The Kier molecular flexibility index (Phi) is 4.99. The van der Waals surface area contributed by atoms with Crippen LogP contribution in [-0.2, 0) is 11.8 Å². The Balaban J connectivity index is 2.27. The fourth-order valence-electron chi connectivity index (χ4n) is 3.16. The van der Waals surface area contributed by atoms with E-state index in [0.717, 1.165) is 27.6 Å². The van der Waals surface area contributed by atoms with Crippen LogP contribution in [0.2, 0.25) is 0 Å². The lowest BCUT2D eigenvalue weighted by Crippen LogP contribution is -2.23. The largest absolute Gasteiger partial charge is 0.287 e. The molecule has 2 aromatic carbocycles. The molecule has 3 rings (SSSR count). The van der Waals surface area contributed by atoms with Gasteiger partial charge in [0.1, 0.15) is 0 Å². The third kappa shape index (κ3) is 3.22. The van der Waals surface area contributed by atoms with Crippen molar-refractivity contribution in [2.75, 3.05) is 0 Å². The Morgan fingerprint density at radius 1 is 0.880 bits per heavy atom. The zero-order valence-electron chi connectivity index (χ0n) is 14.6. The number of hydrogen-bond donors (Lipinski definition) is 0. The first kappa shape index (κ1) is 17.7. The zero-order chi connectivity index (χ0) is 18.0. The number of hydrogen-bond acceptors (Lipinski definition) is 3. The molecule has 0 amide bonds. The van der Waals surface area contributed by atoms with Gasteiger partial charge in [-0.25, -0.2) is 0 Å². The first-order valence-corrected chi connectivity index (χ1v) is 11.0. The molecule has 0 radical (unpaired) electrons. The lowest BCUT2D eigenvalue weighted by atomic mass is 10.1. The number of rotatable bonds is 4. The molecule has 25 heavy (non-hydrogen) atoms. The van der Waals surface area contributed by atoms with E-state index in [1.165, 1.54) is 0 Å². The highest BCUT2D eigenvalue weighted by atomic mass is 32.4. The van der Waals surface area contributed by atoms with Crippen LogP contribution < -0.4 is 10.6 Å². The van der Waals surface area contributed by atoms with Gasteiger partial charge in [-0.2, -0.15) is 0 Å². The molecule has 0 unspecified atom stereocenters. The molecule has 2 nitrogen and oxygen atoms in total. The van der Waals surface area contributed by atoms with Crippen LogP contribution in [0.1, 0.15) is 27.3 Å². The summed E-state index contributed by atoms with van der Waals surface area (Å²) in [5, 5.41) is 1.83. The molecule has 126 valence electrons. The van der Waals surface area contributed by atoms with Gasteiger partial charge >= 0.3 is 0 Å². The molecule has 0 aliphatic carbocycles. The van der Waals surface area contributed by atoms with Crippen LogP contribution in [0.4, 0.5) is 0 Å². The van der Waals surface area contributed by atoms with Gasteiger partial charge in [-0.3, -0.25) is 9.78 Å². The molecular weight excluding hydrogens is 345 g/mol. The minimum atomic E-state index is -2.65. The first-order valence-electron chi connectivity index (χ1n) is 8.15. The highest BCUT2D eigenvalue weighted by Crippen LogP contribution is 2.48. The molecule has 0 N–H and O–H groups in total. The van der Waals surface area contributed by atoms with Crippen LogP contribution in [0.5, 0.6) is 0 Å². The predicted octanol–water partition coefficient (Wildman–Crippen LogP) is 4.28. The molecule has 4 heteroatoms. The number of carbonyl (C=O) groups excluding carboxylic acids is 1. The van der Waals surface area contributed by atoms with E-state index in [1.54, 1.807) is 0 Å². The average Bonchev–Trinajstić information content (AvgIpc) is 2.61. The first-order chi connectivity index (χ1) is 11.9. The van der Waals surface area contributed by atoms with Gasteiger partial charge in [-0.15, -0.1) is 0 Å². The fourth-order valence-corrected chi connectivity index (χ4v) is 6.77. The second-order valence-corrected chi connectivity index (χ2v) is 10.4. The van der Waals surface area contributed by atoms with Crippen LogP contribution >= 0.6 is 6.04 Å². The Labute approximate surface area is 154 Å². The Bertz CT molecular complexity index is 901. The van der Waals surface area contributed by atoms with Gasteiger partial charge < -0.3 is 0 Å². The van der Waals surface area contributed by atoms with E-state index in [9.17, 15) is 4.79 Å². The lowest BCUT2D eigenvalue weighted by molar-refractivity contribution is 0.108. The molecule has 0 fully saturated rings. The van der Waals surface area contributed by atoms with Gasteiger partial charge in [0.2, 0.25) is 5.52 Å². The van der Waals surface area contributed by atoms with Crippen molar-refractivity contribution in [2.24, 2.45) is 0 Å². The SMILES string of the molecule is Cc1cc(C)c(C(=O)P(=S)(c2ccccc2)c2ccccc2)c(C)n1. The van der Waals surface area contributed by atoms with Crippen LogP contribution in [0, 0.1) is 20.8 Å². The van der Waals surface area contributed by atoms with E-state index < -0.39 is 6.04 Å². The molecule has 0 spiro atoms. The second-order valence-electron chi connectivity index (χ2n) is 6.13. The van der Waals surface area contributed by atoms with Crippen molar-refractivity contribution < 1.29 is 4.79 Å². The molecule has 0 atom stereocenters. The quantitative estimate of drug-likeness (QED) is 0.647. The van der Waals surface area contributed by atoms with Crippen LogP contribution in [0.25, 0.3) is 0 Å². The van der Waals surface area contributed by atoms with Gasteiger partial charge in [-0.1, -0.05) is 72.5 Å².